The number of likely N-dealkylation sites (tertiary alicyclic amines) is 1. The van der Waals surface area contributed by atoms with Gasteiger partial charge in [-0.1, -0.05) is 18.2 Å². The molecule has 1 aliphatic rings. The lowest BCUT2D eigenvalue weighted by Gasteiger charge is -2.32. The smallest absolute Gasteiger partial charge is 0.253 e. The molecule has 1 aromatic carbocycles. The Hall–Kier alpha value is -2.69. The molecular formula is C21H25N3O2. The summed E-state index contributed by atoms with van der Waals surface area (Å²) in [5.41, 5.74) is 1.96. The Kier molecular flexibility index (Phi) is 6.00. The molecule has 0 aliphatic carbocycles. The van der Waals surface area contributed by atoms with Gasteiger partial charge in [-0.3, -0.25) is 9.59 Å². The predicted molar refractivity (Wildman–Crippen MR) is 102 cm³/mol. The molecule has 136 valence electrons. The molecule has 5 nitrogen and oxygen atoms in total. The van der Waals surface area contributed by atoms with Crippen molar-refractivity contribution >= 4 is 17.6 Å². The second kappa shape index (κ2) is 8.61. The van der Waals surface area contributed by atoms with Gasteiger partial charge in [0.1, 0.15) is 5.82 Å². The van der Waals surface area contributed by atoms with E-state index in [1.165, 1.54) is 12.5 Å². The number of nitrogens with zero attached hydrogens (tertiary/aromatic N) is 2. The third kappa shape index (κ3) is 4.91. The van der Waals surface area contributed by atoms with Crippen molar-refractivity contribution in [2.75, 3.05) is 18.4 Å². The Morgan fingerprint density at radius 2 is 1.88 bits per heavy atom. The number of rotatable bonds is 5. The van der Waals surface area contributed by atoms with Crippen LogP contribution < -0.4 is 5.32 Å². The Bertz CT molecular complexity index is 753. The van der Waals surface area contributed by atoms with E-state index in [1.807, 2.05) is 47.4 Å². The molecule has 3 rings (SSSR count). The zero-order valence-corrected chi connectivity index (χ0v) is 15.1. The van der Waals surface area contributed by atoms with Gasteiger partial charge < -0.3 is 10.2 Å². The maximum atomic E-state index is 12.5. The predicted octanol–water partition coefficient (Wildman–Crippen LogP) is 3.53. The average molecular weight is 351 g/mol. The standard InChI is InChI=1S/C21H25N3O2/c1-16(25)23-20-15-18(9-12-22-20)8-7-17-10-13-24(14-11-17)21(26)19-5-3-2-4-6-19/h2-6,9,12,15,17H,7-8,10-11,13-14H2,1H3,(H,22,23,25). The molecule has 1 N–H and O–H groups in total. The van der Waals surface area contributed by atoms with Crippen LogP contribution in [0.1, 0.15) is 42.1 Å². The first-order valence-electron chi connectivity index (χ1n) is 9.18. The number of aromatic nitrogens is 1. The minimum Gasteiger partial charge on any atom is -0.339 e. The summed E-state index contributed by atoms with van der Waals surface area (Å²) in [6, 6.07) is 13.4. The fraction of sp³-hybridized carbons (Fsp3) is 0.381. The molecule has 5 heteroatoms. The Morgan fingerprint density at radius 3 is 2.58 bits per heavy atom. The van der Waals surface area contributed by atoms with Crippen molar-refractivity contribution in [3.05, 3.63) is 59.8 Å². The fourth-order valence-electron chi connectivity index (χ4n) is 3.44. The number of carbonyl (C=O) groups is 2. The third-order valence-electron chi connectivity index (χ3n) is 4.89. The maximum absolute atomic E-state index is 12.5. The first-order valence-corrected chi connectivity index (χ1v) is 9.18. The summed E-state index contributed by atoms with van der Waals surface area (Å²) in [7, 11) is 0. The van der Waals surface area contributed by atoms with Gasteiger partial charge in [-0.05, 0) is 61.4 Å². The normalized spacial score (nSPS) is 14.9. The highest BCUT2D eigenvalue weighted by atomic mass is 16.2. The average Bonchev–Trinajstić information content (AvgIpc) is 2.67. The van der Waals surface area contributed by atoms with Crippen LogP contribution in [0.4, 0.5) is 5.82 Å². The number of hydrogen-bond acceptors (Lipinski definition) is 3. The van der Waals surface area contributed by atoms with Crippen molar-refractivity contribution in [3.8, 4) is 0 Å². The molecule has 2 aromatic rings. The van der Waals surface area contributed by atoms with E-state index >= 15 is 0 Å². The van der Waals surface area contributed by atoms with Gasteiger partial charge in [0.05, 0.1) is 0 Å². The lowest BCUT2D eigenvalue weighted by molar-refractivity contribution is -0.114. The summed E-state index contributed by atoms with van der Waals surface area (Å²) in [4.78, 5) is 29.8. The van der Waals surface area contributed by atoms with E-state index in [-0.39, 0.29) is 11.8 Å². The van der Waals surface area contributed by atoms with Gasteiger partial charge in [0.25, 0.3) is 5.91 Å². The molecule has 1 fully saturated rings. The molecule has 0 bridgehead atoms. The number of anilines is 1. The summed E-state index contributed by atoms with van der Waals surface area (Å²) in [5, 5.41) is 2.72. The van der Waals surface area contributed by atoms with Crippen LogP contribution in [0, 0.1) is 5.92 Å². The monoisotopic (exact) mass is 351 g/mol. The highest BCUT2D eigenvalue weighted by molar-refractivity contribution is 5.94. The second-order valence-corrected chi connectivity index (χ2v) is 6.87. The van der Waals surface area contributed by atoms with E-state index in [0.29, 0.717) is 11.7 Å². The van der Waals surface area contributed by atoms with Crippen LogP contribution in [0.25, 0.3) is 0 Å². The van der Waals surface area contributed by atoms with Gasteiger partial charge in [0.15, 0.2) is 0 Å². The molecule has 1 aromatic heterocycles. The van der Waals surface area contributed by atoms with Crippen molar-refractivity contribution in [1.82, 2.24) is 9.88 Å². The van der Waals surface area contributed by atoms with Crippen LogP contribution in [0.3, 0.4) is 0 Å². The molecule has 2 heterocycles. The molecule has 1 aliphatic heterocycles. The van der Waals surface area contributed by atoms with Crippen LogP contribution in [-0.2, 0) is 11.2 Å². The van der Waals surface area contributed by atoms with E-state index in [0.717, 1.165) is 44.3 Å². The highest BCUT2D eigenvalue weighted by Crippen LogP contribution is 2.24. The number of amides is 2. The largest absolute Gasteiger partial charge is 0.339 e. The number of hydrogen-bond donors (Lipinski definition) is 1. The van der Waals surface area contributed by atoms with E-state index in [2.05, 4.69) is 10.3 Å². The first-order chi connectivity index (χ1) is 12.6. The van der Waals surface area contributed by atoms with Crippen molar-refractivity contribution < 1.29 is 9.59 Å². The van der Waals surface area contributed by atoms with Gasteiger partial charge in [-0.25, -0.2) is 4.98 Å². The molecule has 0 radical (unpaired) electrons. The Labute approximate surface area is 154 Å². The van der Waals surface area contributed by atoms with Crippen molar-refractivity contribution in [2.24, 2.45) is 5.92 Å². The Morgan fingerprint density at radius 1 is 1.15 bits per heavy atom. The van der Waals surface area contributed by atoms with Crippen LogP contribution in [0.15, 0.2) is 48.7 Å². The number of benzene rings is 1. The van der Waals surface area contributed by atoms with E-state index in [4.69, 9.17) is 0 Å². The fourth-order valence-corrected chi connectivity index (χ4v) is 3.44. The van der Waals surface area contributed by atoms with Gasteiger partial charge in [0, 0.05) is 31.8 Å². The first kappa shape index (κ1) is 18.1. The summed E-state index contributed by atoms with van der Waals surface area (Å²) in [6.45, 7) is 3.14. The molecule has 0 spiro atoms. The summed E-state index contributed by atoms with van der Waals surface area (Å²) < 4.78 is 0. The van der Waals surface area contributed by atoms with Crippen molar-refractivity contribution in [1.29, 1.82) is 0 Å². The lowest BCUT2D eigenvalue weighted by atomic mass is 9.90. The van der Waals surface area contributed by atoms with Gasteiger partial charge >= 0.3 is 0 Å². The molecule has 2 amide bonds. The summed E-state index contributed by atoms with van der Waals surface area (Å²) in [5.74, 6) is 1.27. The number of pyridine rings is 1. The number of carbonyl (C=O) groups excluding carboxylic acids is 2. The third-order valence-corrected chi connectivity index (χ3v) is 4.89. The summed E-state index contributed by atoms with van der Waals surface area (Å²) >= 11 is 0. The minimum atomic E-state index is -0.106. The van der Waals surface area contributed by atoms with E-state index in [9.17, 15) is 9.59 Å². The van der Waals surface area contributed by atoms with Gasteiger partial charge in [-0.15, -0.1) is 0 Å². The van der Waals surface area contributed by atoms with Gasteiger partial charge in [0.2, 0.25) is 5.91 Å². The molecule has 0 atom stereocenters. The van der Waals surface area contributed by atoms with Crippen LogP contribution >= 0.6 is 0 Å². The SMILES string of the molecule is CC(=O)Nc1cc(CCC2CCN(C(=O)c3ccccc3)CC2)ccn1. The number of piperidine rings is 1. The quantitative estimate of drug-likeness (QED) is 0.896. The van der Waals surface area contributed by atoms with Crippen molar-refractivity contribution in [2.45, 2.75) is 32.6 Å². The van der Waals surface area contributed by atoms with Crippen molar-refractivity contribution in [3.63, 3.8) is 0 Å². The highest BCUT2D eigenvalue weighted by Gasteiger charge is 2.23. The van der Waals surface area contributed by atoms with Crippen LogP contribution in [0.5, 0.6) is 0 Å². The molecular weight excluding hydrogens is 326 g/mol. The van der Waals surface area contributed by atoms with Crippen LogP contribution in [0.2, 0.25) is 0 Å². The zero-order valence-electron chi connectivity index (χ0n) is 15.1. The second-order valence-electron chi connectivity index (χ2n) is 6.87. The molecule has 1 saturated heterocycles. The number of nitrogens with one attached hydrogen (secondary N) is 1. The molecule has 26 heavy (non-hydrogen) atoms. The Balaban J connectivity index is 1.47. The van der Waals surface area contributed by atoms with E-state index < -0.39 is 0 Å². The molecule has 0 unspecified atom stereocenters. The molecule has 0 saturated carbocycles. The van der Waals surface area contributed by atoms with E-state index in [1.54, 1.807) is 6.20 Å². The number of aryl methyl sites for hydroxylation is 1. The van der Waals surface area contributed by atoms with Gasteiger partial charge in [-0.2, -0.15) is 0 Å². The minimum absolute atomic E-state index is 0.106. The maximum Gasteiger partial charge on any atom is 0.253 e. The topological polar surface area (TPSA) is 62.3 Å². The lowest BCUT2D eigenvalue weighted by Crippen LogP contribution is -2.38. The zero-order chi connectivity index (χ0) is 18.4. The summed E-state index contributed by atoms with van der Waals surface area (Å²) in [6.07, 6.45) is 5.88. The van der Waals surface area contributed by atoms with Crippen LogP contribution in [-0.4, -0.2) is 34.8 Å².